The largest absolute Gasteiger partial charge is 0.383 e. The second-order valence-electron chi connectivity index (χ2n) is 4.92. The number of anilines is 1. The van der Waals surface area contributed by atoms with Crippen LogP contribution in [0.1, 0.15) is 20.8 Å². The van der Waals surface area contributed by atoms with Crippen molar-refractivity contribution in [3.63, 3.8) is 0 Å². The molecule has 1 aromatic heterocycles. The molecule has 17 heavy (non-hydrogen) atoms. The molecule has 0 aromatic carbocycles. The summed E-state index contributed by atoms with van der Waals surface area (Å²) in [4.78, 5) is 3.80. The third-order valence-corrected chi connectivity index (χ3v) is 3.79. The summed E-state index contributed by atoms with van der Waals surface area (Å²) in [6.07, 6.45) is 1.46. The Morgan fingerprint density at radius 2 is 2.06 bits per heavy atom. The maximum Gasteiger partial charge on any atom is 0.244 e. The van der Waals surface area contributed by atoms with Gasteiger partial charge in [0.05, 0.1) is 0 Å². The van der Waals surface area contributed by atoms with E-state index in [-0.39, 0.29) is 16.1 Å². The Bertz CT molecular complexity index is 509. The number of rotatable bonds is 3. The van der Waals surface area contributed by atoms with Gasteiger partial charge >= 0.3 is 0 Å². The highest BCUT2D eigenvalue weighted by Crippen LogP contribution is 2.21. The summed E-state index contributed by atoms with van der Waals surface area (Å²) in [5, 5.41) is 0. The zero-order chi connectivity index (χ0) is 13.3. The number of aromatic nitrogens is 1. The fraction of sp³-hybridized carbons (Fsp3) is 0.500. The molecule has 0 atom stereocenters. The Morgan fingerprint density at radius 1 is 1.47 bits per heavy atom. The number of nitrogen functional groups attached to an aromatic ring is 1. The first kappa shape index (κ1) is 14.4. The standard InChI is InChI=1S/C10H16BrN3O2S/c1-10(2,3)6-14-17(15,16)8-4-7(11)5-13-9(8)12/h4-5,14H,6H2,1-3H3,(H2,12,13). The zero-order valence-corrected chi connectivity index (χ0v) is 12.4. The molecule has 0 unspecified atom stereocenters. The lowest BCUT2D eigenvalue weighted by atomic mass is 9.98. The normalized spacial score (nSPS) is 12.7. The quantitative estimate of drug-likeness (QED) is 0.888. The third-order valence-electron chi connectivity index (χ3n) is 1.93. The van der Waals surface area contributed by atoms with Gasteiger partial charge in [-0.05, 0) is 27.4 Å². The van der Waals surface area contributed by atoms with Crippen LogP contribution in [0.5, 0.6) is 0 Å². The lowest BCUT2D eigenvalue weighted by molar-refractivity contribution is 0.407. The molecule has 0 aliphatic rings. The highest BCUT2D eigenvalue weighted by Gasteiger charge is 2.21. The first-order valence-corrected chi connectivity index (χ1v) is 7.30. The number of nitrogens with zero attached hydrogens (tertiary/aromatic N) is 1. The van der Waals surface area contributed by atoms with Gasteiger partial charge in [-0.3, -0.25) is 0 Å². The maximum absolute atomic E-state index is 12.0. The van der Waals surface area contributed by atoms with Crippen LogP contribution >= 0.6 is 15.9 Å². The van der Waals surface area contributed by atoms with E-state index < -0.39 is 10.0 Å². The van der Waals surface area contributed by atoms with Crippen molar-refractivity contribution in [2.45, 2.75) is 25.7 Å². The lowest BCUT2D eigenvalue weighted by Gasteiger charge is -2.19. The molecular formula is C10H16BrN3O2S. The predicted molar refractivity (Wildman–Crippen MR) is 71.0 cm³/mol. The molecule has 0 aliphatic carbocycles. The average molecular weight is 322 g/mol. The van der Waals surface area contributed by atoms with E-state index in [1.807, 2.05) is 20.8 Å². The molecule has 0 amide bonds. The molecule has 0 saturated carbocycles. The lowest BCUT2D eigenvalue weighted by Crippen LogP contribution is -2.32. The second-order valence-corrected chi connectivity index (χ2v) is 7.57. The third kappa shape index (κ3) is 4.25. The summed E-state index contributed by atoms with van der Waals surface area (Å²) in [7, 11) is -3.61. The van der Waals surface area contributed by atoms with Crippen molar-refractivity contribution in [3.8, 4) is 0 Å². The van der Waals surface area contributed by atoms with Crippen molar-refractivity contribution >= 4 is 31.8 Å². The molecule has 0 fully saturated rings. The number of halogens is 1. The smallest absolute Gasteiger partial charge is 0.244 e. The van der Waals surface area contributed by atoms with E-state index in [1.165, 1.54) is 12.3 Å². The van der Waals surface area contributed by atoms with Crippen LogP contribution in [0.15, 0.2) is 21.6 Å². The molecule has 0 saturated heterocycles. The van der Waals surface area contributed by atoms with Crippen molar-refractivity contribution in [2.24, 2.45) is 5.41 Å². The van der Waals surface area contributed by atoms with Gasteiger partial charge in [0.25, 0.3) is 0 Å². The van der Waals surface area contributed by atoms with Gasteiger partial charge < -0.3 is 5.73 Å². The molecule has 1 heterocycles. The molecule has 96 valence electrons. The number of hydrogen-bond acceptors (Lipinski definition) is 4. The molecule has 0 spiro atoms. The number of pyridine rings is 1. The number of sulfonamides is 1. The Labute approximate surface area is 110 Å². The fourth-order valence-corrected chi connectivity index (χ4v) is 2.91. The van der Waals surface area contributed by atoms with Gasteiger partial charge in [-0.15, -0.1) is 0 Å². The van der Waals surface area contributed by atoms with E-state index in [0.717, 1.165) is 0 Å². The van der Waals surface area contributed by atoms with Crippen LogP contribution < -0.4 is 10.5 Å². The molecule has 3 N–H and O–H groups in total. The summed E-state index contributed by atoms with van der Waals surface area (Å²) < 4.78 is 27.1. The molecule has 5 nitrogen and oxygen atoms in total. The summed E-state index contributed by atoms with van der Waals surface area (Å²) in [5.74, 6) is -0.00499. The van der Waals surface area contributed by atoms with E-state index in [9.17, 15) is 8.42 Å². The van der Waals surface area contributed by atoms with Gasteiger partial charge in [0.1, 0.15) is 10.7 Å². The van der Waals surface area contributed by atoms with Crippen LogP contribution in [0.25, 0.3) is 0 Å². The first-order valence-electron chi connectivity index (χ1n) is 5.02. The van der Waals surface area contributed by atoms with Gasteiger partial charge in [0, 0.05) is 17.2 Å². The molecule has 1 aromatic rings. The molecule has 7 heteroatoms. The Balaban J connectivity index is 3.02. The predicted octanol–water partition coefficient (Wildman–Crippen LogP) is 1.75. The SMILES string of the molecule is CC(C)(C)CNS(=O)(=O)c1cc(Br)cnc1N. The Morgan fingerprint density at radius 3 is 2.59 bits per heavy atom. The summed E-state index contributed by atoms with van der Waals surface area (Å²) in [6, 6.07) is 1.44. The highest BCUT2D eigenvalue weighted by atomic mass is 79.9. The van der Waals surface area contributed by atoms with Crippen LogP contribution in [-0.4, -0.2) is 19.9 Å². The first-order chi connectivity index (χ1) is 7.62. The Kier molecular flexibility index (Phi) is 4.16. The van der Waals surface area contributed by atoms with Crippen molar-refractivity contribution in [2.75, 3.05) is 12.3 Å². The minimum atomic E-state index is -3.61. The van der Waals surface area contributed by atoms with Crippen LogP contribution in [0, 0.1) is 5.41 Å². The zero-order valence-electron chi connectivity index (χ0n) is 9.99. The van der Waals surface area contributed by atoms with Crippen molar-refractivity contribution < 1.29 is 8.42 Å². The highest BCUT2D eigenvalue weighted by molar-refractivity contribution is 9.10. The van der Waals surface area contributed by atoms with Crippen molar-refractivity contribution in [3.05, 3.63) is 16.7 Å². The van der Waals surface area contributed by atoms with Gasteiger partial charge in [-0.25, -0.2) is 18.1 Å². The van der Waals surface area contributed by atoms with Gasteiger partial charge in [-0.1, -0.05) is 20.8 Å². The molecule has 0 radical (unpaired) electrons. The fourth-order valence-electron chi connectivity index (χ4n) is 1.04. The molecular weight excluding hydrogens is 306 g/mol. The van der Waals surface area contributed by atoms with E-state index in [0.29, 0.717) is 11.0 Å². The van der Waals surface area contributed by atoms with E-state index in [1.54, 1.807) is 0 Å². The van der Waals surface area contributed by atoms with Crippen LogP contribution in [0.4, 0.5) is 5.82 Å². The minimum absolute atomic E-state index is 0.00359. The average Bonchev–Trinajstić information content (AvgIpc) is 2.18. The second kappa shape index (κ2) is 4.91. The van der Waals surface area contributed by atoms with Crippen LogP contribution in [0.2, 0.25) is 0 Å². The molecule has 0 aliphatic heterocycles. The van der Waals surface area contributed by atoms with Crippen LogP contribution in [-0.2, 0) is 10.0 Å². The number of nitrogens with one attached hydrogen (secondary N) is 1. The molecule has 0 bridgehead atoms. The summed E-state index contributed by atoms with van der Waals surface area (Å²) in [5.41, 5.74) is 5.43. The summed E-state index contributed by atoms with van der Waals surface area (Å²) >= 11 is 3.17. The van der Waals surface area contributed by atoms with Crippen molar-refractivity contribution in [1.82, 2.24) is 9.71 Å². The Hall–Kier alpha value is -0.660. The van der Waals surface area contributed by atoms with Gasteiger partial charge in [0.15, 0.2) is 0 Å². The minimum Gasteiger partial charge on any atom is -0.383 e. The number of nitrogens with two attached hydrogens (primary N) is 1. The monoisotopic (exact) mass is 321 g/mol. The van der Waals surface area contributed by atoms with E-state index in [2.05, 4.69) is 25.6 Å². The van der Waals surface area contributed by atoms with Crippen LogP contribution in [0.3, 0.4) is 0 Å². The van der Waals surface area contributed by atoms with Gasteiger partial charge in [0.2, 0.25) is 10.0 Å². The summed E-state index contributed by atoms with van der Waals surface area (Å²) in [6.45, 7) is 6.16. The number of hydrogen-bond donors (Lipinski definition) is 2. The topological polar surface area (TPSA) is 85.1 Å². The van der Waals surface area contributed by atoms with Crippen molar-refractivity contribution in [1.29, 1.82) is 0 Å². The van der Waals surface area contributed by atoms with E-state index in [4.69, 9.17) is 5.73 Å². The van der Waals surface area contributed by atoms with E-state index >= 15 is 0 Å². The molecule has 1 rings (SSSR count). The van der Waals surface area contributed by atoms with Gasteiger partial charge in [-0.2, -0.15) is 0 Å². The maximum atomic E-state index is 12.0.